The maximum atomic E-state index is 13.1. The van der Waals surface area contributed by atoms with Gasteiger partial charge in [-0.2, -0.15) is 0 Å². The molecule has 2 N–H and O–H groups in total. The highest BCUT2D eigenvalue weighted by molar-refractivity contribution is 7.89. The van der Waals surface area contributed by atoms with Crippen LogP contribution in [-0.2, 0) is 34.2 Å². The predicted molar refractivity (Wildman–Crippen MR) is 132 cm³/mol. The molecule has 176 valence electrons. The molecule has 0 aliphatic heterocycles. The van der Waals surface area contributed by atoms with Gasteiger partial charge in [-0.25, -0.2) is 23.1 Å². The Morgan fingerprint density at radius 1 is 1.03 bits per heavy atom. The second-order valence-electron chi connectivity index (χ2n) is 8.09. The van der Waals surface area contributed by atoms with Gasteiger partial charge in [0.15, 0.2) is 5.65 Å². The van der Waals surface area contributed by atoms with Gasteiger partial charge in [0.1, 0.15) is 16.2 Å². The fraction of sp³-hybridized carbons (Fsp3) is 0.240. The number of anilines is 1. The Labute approximate surface area is 199 Å². The maximum absolute atomic E-state index is 13.1. The minimum atomic E-state index is -3.85. The standard InChI is InChI=1S/C25H27N5O3S/c1-18-10-12-21(28-19(2)31)23(17-18)34(32,33)27-15-16-30-24(13-11-20-7-4-3-5-8-20)29-22-9-6-14-26-25(22)30/h3-10,12,14,17,27H,11,13,15-16H2,1-2H3,(H,28,31). The Kier molecular flexibility index (Phi) is 7.04. The number of nitrogens with zero attached hydrogens (tertiary/aromatic N) is 3. The molecule has 2 aromatic heterocycles. The summed E-state index contributed by atoms with van der Waals surface area (Å²) in [6.45, 7) is 3.67. The van der Waals surface area contributed by atoms with Crippen molar-refractivity contribution in [2.45, 2.75) is 38.1 Å². The second kappa shape index (κ2) is 10.1. The van der Waals surface area contributed by atoms with E-state index in [0.717, 1.165) is 29.0 Å². The van der Waals surface area contributed by atoms with E-state index in [9.17, 15) is 13.2 Å². The van der Waals surface area contributed by atoms with Crippen molar-refractivity contribution in [3.8, 4) is 0 Å². The minimum absolute atomic E-state index is 0.0422. The summed E-state index contributed by atoms with van der Waals surface area (Å²) in [7, 11) is -3.85. The van der Waals surface area contributed by atoms with Gasteiger partial charge in [-0.1, -0.05) is 36.4 Å². The highest BCUT2D eigenvalue weighted by Crippen LogP contribution is 2.23. The van der Waals surface area contributed by atoms with Crippen molar-refractivity contribution in [2.24, 2.45) is 0 Å². The largest absolute Gasteiger partial charge is 0.325 e. The van der Waals surface area contributed by atoms with Gasteiger partial charge >= 0.3 is 0 Å². The van der Waals surface area contributed by atoms with E-state index in [4.69, 9.17) is 4.98 Å². The molecule has 0 saturated heterocycles. The van der Waals surface area contributed by atoms with Crippen LogP contribution in [0.25, 0.3) is 11.2 Å². The first kappa shape index (κ1) is 23.6. The van der Waals surface area contributed by atoms with Crippen molar-refractivity contribution in [1.29, 1.82) is 0 Å². The average molecular weight is 478 g/mol. The third kappa shape index (κ3) is 5.49. The van der Waals surface area contributed by atoms with Crippen molar-refractivity contribution < 1.29 is 13.2 Å². The molecular formula is C25H27N5O3S. The summed E-state index contributed by atoms with van der Waals surface area (Å²) in [5.74, 6) is 0.519. The molecule has 9 heteroatoms. The number of sulfonamides is 1. The number of benzene rings is 2. The molecule has 0 unspecified atom stereocenters. The van der Waals surface area contributed by atoms with Crippen LogP contribution in [-0.4, -0.2) is 35.4 Å². The molecule has 0 aliphatic rings. The van der Waals surface area contributed by atoms with Gasteiger partial charge in [-0.3, -0.25) is 4.79 Å². The number of amides is 1. The number of rotatable bonds is 9. The molecule has 0 fully saturated rings. The first-order valence-electron chi connectivity index (χ1n) is 11.1. The minimum Gasteiger partial charge on any atom is -0.325 e. The third-order valence-corrected chi connectivity index (χ3v) is 6.93. The summed E-state index contributed by atoms with van der Waals surface area (Å²) in [5, 5.41) is 2.59. The van der Waals surface area contributed by atoms with E-state index in [2.05, 4.69) is 27.2 Å². The summed E-state index contributed by atoms with van der Waals surface area (Å²) < 4.78 is 30.8. The highest BCUT2D eigenvalue weighted by Gasteiger charge is 2.20. The van der Waals surface area contributed by atoms with Crippen LogP contribution in [0.15, 0.2) is 71.8 Å². The van der Waals surface area contributed by atoms with Crippen LogP contribution >= 0.6 is 0 Å². The lowest BCUT2D eigenvalue weighted by Gasteiger charge is -2.14. The predicted octanol–water partition coefficient (Wildman–Crippen LogP) is 3.46. The Hall–Kier alpha value is -3.56. The molecule has 0 bridgehead atoms. The lowest BCUT2D eigenvalue weighted by Crippen LogP contribution is -2.29. The number of hydrogen-bond donors (Lipinski definition) is 2. The van der Waals surface area contributed by atoms with E-state index in [1.807, 2.05) is 34.9 Å². The van der Waals surface area contributed by atoms with Gasteiger partial charge in [-0.15, -0.1) is 0 Å². The number of fused-ring (bicyclic) bond motifs is 1. The molecule has 2 aromatic carbocycles. The van der Waals surface area contributed by atoms with Crippen LogP contribution in [0.2, 0.25) is 0 Å². The van der Waals surface area contributed by atoms with Crippen molar-refractivity contribution in [3.05, 3.63) is 83.8 Å². The number of hydrogen-bond acceptors (Lipinski definition) is 5. The van der Waals surface area contributed by atoms with Crippen LogP contribution in [0.3, 0.4) is 0 Å². The van der Waals surface area contributed by atoms with Crippen molar-refractivity contribution in [3.63, 3.8) is 0 Å². The smallest absolute Gasteiger partial charge is 0.242 e. The van der Waals surface area contributed by atoms with E-state index in [1.165, 1.54) is 12.5 Å². The van der Waals surface area contributed by atoms with Crippen LogP contribution in [0.1, 0.15) is 23.9 Å². The number of imidazole rings is 1. The molecule has 0 saturated carbocycles. The molecule has 1 amide bonds. The summed E-state index contributed by atoms with van der Waals surface area (Å²) in [6.07, 6.45) is 3.23. The van der Waals surface area contributed by atoms with E-state index in [0.29, 0.717) is 13.0 Å². The number of nitrogens with one attached hydrogen (secondary N) is 2. The number of carbonyl (C=O) groups is 1. The van der Waals surface area contributed by atoms with E-state index in [1.54, 1.807) is 31.3 Å². The van der Waals surface area contributed by atoms with Crippen LogP contribution < -0.4 is 10.0 Å². The van der Waals surface area contributed by atoms with Crippen LogP contribution in [0.5, 0.6) is 0 Å². The van der Waals surface area contributed by atoms with Gasteiger partial charge in [0.05, 0.1) is 5.69 Å². The van der Waals surface area contributed by atoms with E-state index >= 15 is 0 Å². The molecular weight excluding hydrogens is 450 g/mol. The molecule has 0 atom stereocenters. The summed E-state index contributed by atoms with van der Waals surface area (Å²) in [5.41, 5.74) is 3.74. The van der Waals surface area contributed by atoms with Crippen molar-refractivity contribution in [1.82, 2.24) is 19.3 Å². The van der Waals surface area contributed by atoms with Gasteiger partial charge in [-0.05, 0) is 48.7 Å². The number of aromatic nitrogens is 3. The lowest BCUT2D eigenvalue weighted by molar-refractivity contribution is -0.114. The first-order chi connectivity index (χ1) is 16.3. The molecule has 4 aromatic rings. The summed E-state index contributed by atoms with van der Waals surface area (Å²) >= 11 is 0. The van der Waals surface area contributed by atoms with Gasteiger partial charge in [0.25, 0.3) is 0 Å². The SMILES string of the molecule is CC(=O)Nc1ccc(C)cc1S(=O)(=O)NCCn1c(CCc2ccccc2)nc2cccnc21. The molecule has 0 aliphatic carbocycles. The van der Waals surface area contributed by atoms with Crippen molar-refractivity contribution in [2.75, 3.05) is 11.9 Å². The molecule has 34 heavy (non-hydrogen) atoms. The van der Waals surface area contributed by atoms with E-state index in [-0.39, 0.29) is 23.0 Å². The first-order valence-corrected chi connectivity index (χ1v) is 12.5. The average Bonchev–Trinajstić information content (AvgIpc) is 3.16. The molecule has 0 spiro atoms. The Bertz CT molecular complexity index is 1420. The zero-order chi connectivity index (χ0) is 24.1. The molecule has 2 heterocycles. The Morgan fingerprint density at radius 2 is 1.82 bits per heavy atom. The summed E-state index contributed by atoms with van der Waals surface area (Å²) in [4.78, 5) is 20.8. The zero-order valence-electron chi connectivity index (χ0n) is 19.2. The summed E-state index contributed by atoms with van der Waals surface area (Å²) in [6, 6.07) is 18.8. The number of pyridine rings is 1. The number of carbonyl (C=O) groups excluding carboxylic acids is 1. The molecule has 0 radical (unpaired) electrons. The Balaban J connectivity index is 1.53. The fourth-order valence-electron chi connectivity index (χ4n) is 3.85. The lowest BCUT2D eigenvalue weighted by atomic mass is 10.1. The normalized spacial score (nSPS) is 11.6. The molecule has 4 rings (SSSR count). The number of aryl methyl sites for hydroxylation is 3. The Morgan fingerprint density at radius 3 is 2.59 bits per heavy atom. The van der Waals surface area contributed by atoms with Crippen molar-refractivity contribution >= 4 is 32.8 Å². The van der Waals surface area contributed by atoms with E-state index < -0.39 is 10.0 Å². The van der Waals surface area contributed by atoms with Gasteiger partial charge in [0, 0.05) is 32.6 Å². The van der Waals surface area contributed by atoms with Crippen LogP contribution in [0.4, 0.5) is 5.69 Å². The monoisotopic (exact) mass is 477 g/mol. The maximum Gasteiger partial charge on any atom is 0.242 e. The zero-order valence-corrected chi connectivity index (χ0v) is 20.0. The fourth-order valence-corrected chi connectivity index (χ4v) is 5.11. The third-order valence-electron chi connectivity index (χ3n) is 5.43. The second-order valence-corrected chi connectivity index (χ2v) is 9.83. The highest BCUT2D eigenvalue weighted by atomic mass is 32.2. The topological polar surface area (TPSA) is 106 Å². The van der Waals surface area contributed by atoms with Gasteiger partial charge in [0.2, 0.25) is 15.9 Å². The quantitative estimate of drug-likeness (QED) is 0.384. The van der Waals surface area contributed by atoms with Crippen LogP contribution in [0, 0.1) is 6.92 Å². The molecule has 8 nitrogen and oxygen atoms in total. The van der Waals surface area contributed by atoms with Gasteiger partial charge < -0.3 is 9.88 Å².